The van der Waals surface area contributed by atoms with Crippen molar-refractivity contribution in [3.8, 4) is 22.9 Å². The number of hydrogen-bond donors (Lipinski definition) is 1. The molecule has 1 fully saturated rings. The molecule has 7 nitrogen and oxygen atoms in total. The van der Waals surface area contributed by atoms with Gasteiger partial charge in [0, 0.05) is 38.3 Å². The zero-order valence-electron chi connectivity index (χ0n) is 18.1. The Bertz CT molecular complexity index is 1020. The van der Waals surface area contributed by atoms with E-state index in [4.69, 9.17) is 21.7 Å². The van der Waals surface area contributed by atoms with Crippen LogP contribution in [0.15, 0.2) is 48.5 Å². The molecule has 164 valence electrons. The van der Waals surface area contributed by atoms with Gasteiger partial charge in [-0.1, -0.05) is 29.8 Å². The number of nitrogens with one attached hydrogen (secondary N) is 1. The summed E-state index contributed by atoms with van der Waals surface area (Å²) >= 11 is 5.47. The van der Waals surface area contributed by atoms with Crippen molar-refractivity contribution in [3.63, 3.8) is 0 Å². The lowest BCUT2D eigenvalue weighted by molar-refractivity contribution is 0.0922. The van der Waals surface area contributed by atoms with Crippen molar-refractivity contribution in [2.75, 3.05) is 46.4 Å². The first-order valence-corrected chi connectivity index (χ1v) is 11.0. The summed E-state index contributed by atoms with van der Waals surface area (Å²) in [5.74, 6) is 2.53. The van der Waals surface area contributed by atoms with Gasteiger partial charge in [0.25, 0.3) is 0 Å². The molecular formula is C23H29N5O2S. The lowest BCUT2D eigenvalue weighted by Gasteiger charge is -2.34. The van der Waals surface area contributed by atoms with Gasteiger partial charge in [0.1, 0.15) is 18.1 Å². The van der Waals surface area contributed by atoms with Crippen LogP contribution < -0.4 is 9.47 Å². The van der Waals surface area contributed by atoms with Gasteiger partial charge in [-0.3, -0.25) is 14.9 Å². The van der Waals surface area contributed by atoms with Crippen molar-refractivity contribution in [3.05, 3.63) is 58.9 Å². The van der Waals surface area contributed by atoms with E-state index >= 15 is 0 Å². The van der Waals surface area contributed by atoms with Gasteiger partial charge in [-0.05, 0) is 43.4 Å². The van der Waals surface area contributed by atoms with Crippen molar-refractivity contribution in [1.29, 1.82) is 0 Å². The number of H-pyrrole nitrogens is 1. The Kier molecular flexibility index (Phi) is 7.01. The fraction of sp³-hybridized carbons (Fsp3) is 0.391. The highest BCUT2D eigenvalue weighted by Gasteiger charge is 2.18. The van der Waals surface area contributed by atoms with Gasteiger partial charge < -0.3 is 9.47 Å². The van der Waals surface area contributed by atoms with Gasteiger partial charge in [0.15, 0.2) is 5.82 Å². The van der Waals surface area contributed by atoms with Crippen molar-refractivity contribution in [2.45, 2.75) is 13.6 Å². The molecule has 1 aliphatic rings. The van der Waals surface area contributed by atoms with E-state index in [1.54, 1.807) is 7.11 Å². The number of nitrogens with zero attached hydrogens (tertiary/aromatic N) is 4. The molecule has 1 aliphatic heterocycles. The maximum atomic E-state index is 5.86. The Labute approximate surface area is 188 Å². The lowest BCUT2D eigenvalue weighted by atomic mass is 10.1. The fourth-order valence-electron chi connectivity index (χ4n) is 3.61. The number of rotatable bonds is 8. The summed E-state index contributed by atoms with van der Waals surface area (Å²) in [5.41, 5.74) is 2.28. The minimum absolute atomic E-state index is 0.589. The summed E-state index contributed by atoms with van der Waals surface area (Å²) in [6, 6.07) is 16.0. The number of aromatic nitrogens is 3. The van der Waals surface area contributed by atoms with Crippen LogP contribution >= 0.6 is 12.2 Å². The summed E-state index contributed by atoms with van der Waals surface area (Å²) in [6.07, 6.45) is 0. The van der Waals surface area contributed by atoms with Crippen molar-refractivity contribution in [1.82, 2.24) is 24.6 Å². The standard InChI is InChI=1S/C23H29N5O2S/c1-18-3-5-19(6-4-18)22-24-23(31)28(25-22)17-27-13-11-26(12-14-27)15-16-30-21-9-7-20(29-2)8-10-21/h3-10H,11-17H2,1-2H3,(H,24,25,31). The average molecular weight is 440 g/mol. The largest absolute Gasteiger partial charge is 0.497 e. The summed E-state index contributed by atoms with van der Waals surface area (Å²) in [5, 5.41) is 3.35. The number of aromatic amines is 1. The monoisotopic (exact) mass is 439 g/mol. The van der Waals surface area contributed by atoms with E-state index in [0.29, 0.717) is 11.4 Å². The third-order valence-corrected chi connectivity index (χ3v) is 5.86. The number of benzene rings is 2. The second-order valence-electron chi connectivity index (χ2n) is 7.77. The van der Waals surface area contributed by atoms with E-state index in [2.05, 4.69) is 51.1 Å². The van der Waals surface area contributed by atoms with Crippen LogP contribution in [0.25, 0.3) is 11.4 Å². The highest BCUT2D eigenvalue weighted by molar-refractivity contribution is 7.71. The SMILES string of the molecule is COc1ccc(OCCN2CCN(Cn3[nH]c(-c4ccc(C)cc4)nc3=S)CC2)cc1. The highest BCUT2D eigenvalue weighted by Crippen LogP contribution is 2.17. The summed E-state index contributed by atoms with van der Waals surface area (Å²) < 4.78 is 13.6. The Balaban J connectivity index is 1.23. The van der Waals surface area contributed by atoms with Gasteiger partial charge in [0.05, 0.1) is 13.8 Å². The van der Waals surface area contributed by atoms with Crippen LogP contribution in [0.5, 0.6) is 11.5 Å². The van der Waals surface area contributed by atoms with Crippen LogP contribution in [-0.2, 0) is 6.67 Å². The number of aryl methyl sites for hydroxylation is 1. The van der Waals surface area contributed by atoms with E-state index < -0.39 is 0 Å². The smallest absolute Gasteiger partial charge is 0.217 e. The van der Waals surface area contributed by atoms with Crippen molar-refractivity contribution >= 4 is 12.2 Å². The Morgan fingerprint density at radius 2 is 1.58 bits per heavy atom. The maximum absolute atomic E-state index is 5.86. The molecular weight excluding hydrogens is 410 g/mol. The normalized spacial score (nSPS) is 15.2. The van der Waals surface area contributed by atoms with Crippen LogP contribution in [0.1, 0.15) is 5.56 Å². The highest BCUT2D eigenvalue weighted by atomic mass is 32.1. The van der Waals surface area contributed by atoms with Crippen LogP contribution in [0.4, 0.5) is 0 Å². The minimum atomic E-state index is 0.589. The molecule has 0 bridgehead atoms. The molecule has 0 amide bonds. The molecule has 0 atom stereocenters. The summed E-state index contributed by atoms with van der Waals surface area (Å²) in [4.78, 5) is 9.36. The quantitative estimate of drug-likeness (QED) is 0.542. The molecule has 1 saturated heterocycles. The van der Waals surface area contributed by atoms with Gasteiger partial charge in [0.2, 0.25) is 4.77 Å². The van der Waals surface area contributed by atoms with E-state index in [1.165, 1.54) is 5.56 Å². The predicted octanol–water partition coefficient (Wildman–Crippen LogP) is 3.58. The molecule has 8 heteroatoms. The number of ether oxygens (including phenoxy) is 2. The van der Waals surface area contributed by atoms with E-state index in [1.807, 2.05) is 28.9 Å². The molecule has 0 radical (unpaired) electrons. The molecule has 0 unspecified atom stereocenters. The molecule has 4 rings (SSSR count). The molecule has 3 aromatic rings. The van der Waals surface area contributed by atoms with Crippen molar-refractivity contribution in [2.24, 2.45) is 0 Å². The first-order chi connectivity index (χ1) is 15.1. The van der Waals surface area contributed by atoms with Gasteiger partial charge in [-0.2, -0.15) is 4.98 Å². The molecule has 2 aromatic carbocycles. The number of methoxy groups -OCH3 is 1. The molecule has 0 spiro atoms. The average Bonchev–Trinajstić information content (AvgIpc) is 3.16. The van der Waals surface area contributed by atoms with Crippen LogP contribution in [0.2, 0.25) is 0 Å². The third-order valence-electron chi connectivity index (χ3n) is 5.55. The molecule has 31 heavy (non-hydrogen) atoms. The first-order valence-electron chi connectivity index (χ1n) is 10.6. The van der Waals surface area contributed by atoms with Gasteiger partial charge >= 0.3 is 0 Å². The Hall–Kier alpha value is -2.68. The van der Waals surface area contributed by atoms with Gasteiger partial charge in [-0.15, -0.1) is 0 Å². The van der Waals surface area contributed by atoms with E-state index in [-0.39, 0.29) is 0 Å². The number of piperazine rings is 1. The van der Waals surface area contributed by atoms with E-state index in [9.17, 15) is 0 Å². The lowest BCUT2D eigenvalue weighted by Crippen LogP contribution is -2.47. The Morgan fingerprint density at radius 3 is 2.26 bits per heavy atom. The van der Waals surface area contributed by atoms with E-state index in [0.717, 1.165) is 62.3 Å². The summed E-state index contributed by atoms with van der Waals surface area (Å²) in [6.45, 7) is 8.41. The second kappa shape index (κ2) is 10.1. The van der Waals surface area contributed by atoms with Crippen molar-refractivity contribution < 1.29 is 9.47 Å². The van der Waals surface area contributed by atoms with Crippen LogP contribution in [-0.4, -0.2) is 71.0 Å². The van der Waals surface area contributed by atoms with Crippen LogP contribution in [0, 0.1) is 11.7 Å². The molecule has 0 aliphatic carbocycles. The zero-order valence-corrected chi connectivity index (χ0v) is 18.9. The number of hydrogen-bond acceptors (Lipinski definition) is 6. The minimum Gasteiger partial charge on any atom is -0.497 e. The topological polar surface area (TPSA) is 58.6 Å². The second-order valence-corrected chi connectivity index (χ2v) is 8.14. The Morgan fingerprint density at radius 1 is 0.935 bits per heavy atom. The summed E-state index contributed by atoms with van der Waals surface area (Å²) in [7, 11) is 1.67. The molecule has 2 heterocycles. The predicted molar refractivity (Wildman–Crippen MR) is 124 cm³/mol. The molecule has 1 aromatic heterocycles. The van der Waals surface area contributed by atoms with Crippen LogP contribution in [0.3, 0.4) is 0 Å². The molecule has 1 N–H and O–H groups in total. The molecule has 0 saturated carbocycles. The first kappa shape index (κ1) is 21.5. The maximum Gasteiger partial charge on any atom is 0.217 e. The van der Waals surface area contributed by atoms with Gasteiger partial charge in [-0.25, -0.2) is 4.68 Å². The zero-order chi connectivity index (χ0) is 21.6. The third kappa shape index (κ3) is 5.72. The fourth-order valence-corrected chi connectivity index (χ4v) is 3.81.